The Kier molecular flexibility index (Phi) is 39.9. The Balaban J connectivity index is -0.0000000312. The van der Waals surface area contributed by atoms with Crippen LogP contribution < -0.4 is 0 Å². The van der Waals surface area contributed by atoms with E-state index in [-0.39, 0.29) is 54.0 Å². The van der Waals surface area contributed by atoms with Crippen molar-refractivity contribution in [1.82, 2.24) is 0 Å². The Morgan fingerprint density at radius 3 is 1.11 bits per heavy atom. The van der Waals surface area contributed by atoms with E-state index in [2.05, 4.69) is 4.42 Å². The van der Waals surface area contributed by atoms with Crippen LogP contribution in [-0.2, 0) is 0 Å². The molecule has 0 aromatic carbocycles. The van der Waals surface area contributed by atoms with Crippen molar-refractivity contribution in [1.29, 1.82) is 0 Å². The van der Waals surface area contributed by atoms with Crippen molar-refractivity contribution in [2.75, 3.05) is 0 Å². The zero-order valence-corrected chi connectivity index (χ0v) is 8.72. The summed E-state index contributed by atoms with van der Waals surface area (Å²) in [6.07, 6.45) is 3.25. The monoisotopic (exact) mass is 204 g/mol. The maximum Gasteiger partial charge on any atom is 0.0902 e. The molecule has 0 spiro atoms. The molecule has 0 aliphatic carbocycles. The minimum absolute atomic E-state index is 0. The van der Waals surface area contributed by atoms with Crippen LogP contribution in [0.2, 0.25) is 0 Å². The van der Waals surface area contributed by atoms with Gasteiger partial charge in [0, 0.05) is 0 Å². The molecular formula is C4H12OS4. The van der Waals surface area contributed by atoms with Crippen LogP contribution in [0.15, 0.2) is 29.1 Å². The van der Waals surface area contributed by atoms with E-state index in [1.54, 1.807) is 12.5 Å². The van der Waals surface area contributed by atoms with Crippen molar-refractivity contribution in [2.45, 2.75) is 0 Å². The fourth-order valence-electron chi connectivity index (χ4n) is 0.227. The molecule has 9 heavy (non-hydrogen) atoms. The highest BCUT2D eigenvalue weighted by atomic mass is 32.1. The Bertz CT molecular complexity index is 69.0. The fraction of sp³-hybridized carbons (Fsp3) is 0. The second-order valence-corrected chi connectivity index (χ2v) is 0.793. The van der Waals surface area contributed by atoms with Crippen LogP contribution in [0, 0.1) is 0 Å². The fourth-order valence-corrected chi connectivity index (χ4v) is 0.227. The predicted molar refractivity (Wildman–Crippen MR) is 60.2 cm³/mol. The average Bonchev–Trinajstić information content (AvgIpc) is 1.76. The molecule has 1 aromatic rings. The SMILES string of the molecule is S.S.S.S.c1ccoc1. The van der Waals surface area contributed by atoms with Crippen molar-refractivity contribution >= 4 is 54.0 Å². The summed E-state index contributed by atoms with van der Waals surface area (Å²) in [5.41, 5.74) is 0. The van der Waals surface area contributed by atoms with E-state index in [1.807, 2.05) is 12.1 Å². The number of rotatable bonds is 0. The number of furan rings is 1. The van der Waals surface area contributed by atoms with Gasteiger partial charge in [-0.15, -0.1) is 0 Å². The van der Waals surface area contributed by atoms with Crippen LogP contribution >= 0.6 is 54.0 Å². The van der Waals surface area contributed by atoms with Crippen molar-refractivity contribution in [3.8, 4) is 0 Å². The molecule has 0 amide bonds. The van der Waals surface area contributed by atoms with E-state index in [1.165, 1.54) is 0 Å². The van der Waals surface area contributed by atoms with Gasteiger partial charge in [-0.3, -0.25) is 0 Å². The maximum absolute atomic E-state index is 4.58. The highest BCUT2D eigenvalue weighted by molar-refractivity contribution is 7.59. The molecule has 0 fully saturated rings. The Hall–Kier alpha value is 0.680. The topological polar surface area (TPSA) is 13.1 Å². The molecule has 5 heteroatoms. The van der Waals surface area contributed by atoms with Crippen LogP contribution in [0.25, 0.3) is 0 Å². The van der Waals surface area contributed by atoms with Crippen LogP contribution in [0.4, 0.5) is 0 Å². The van der Waals surface area contributed by atoms with Crippen molar-refractivity contribution in [3.05, 3.63) is 24.7 Å². The molecule has 1 heterocycles. The van der Waals surface area contributed by atoms with Gasteiger partial charge in [0.2, 0.25) is 0 Å². The first kappa shape index (κ1) is 22.6. The number of hydrogen-bond acceptors (Lipinski definition) is 1. The molecule has 1 nitrogen and oxygen atoms in total. The van der Waals surface area contributed by atoms with Crippen molar-refractivity contribution in [2.24, 2.45) is 0 Å². The van der Waals surface area contributed by atoms with E-state index in [0.29, 0.717) is 0 Å². The van der Waals surface area contributed by atoms with Gasteiger partial charge in [0.1, 0.15) is 0 Å². The molecule has 0 unspecified atom stereocenters. The summed E-state index contributed by atoms with van der Waals surface area (Å²) in [6.45, 7) is 0. The largest absolute Gasteiger partial charge is 0.473 e. The number of hydrogen-bond donors (Lipinski definition) is 0. The first-order valence-electron chi connectivity index (χ1n) is 1.47. The summed E-state index contributed by atoms with van der Waals surface area (Å²) in [4.78, 5) is 0. The highest BCUT2D eigenvalue weighted by Crippen LogP contribution is 1.79. The molecule has 0 aliphatic rings. The lowest BCUT2D eigenvalue weighted by molar-refractivity contribution is 0.567. The molecule has 1 rings (SSSR count). The molecule has 0 radical (unpaired) electrons. The second kappa shape index (κ2) is 15.9. The summed E-state index contributed by atoms with van der Waals surface area (Å²) in [7, 11) is 0. The van der Waals surface area contributed by atoms with Crippen molar-refractivity contribution < 1.29 is 4.42 Å². The van der Waals surface area contributed by atoms with Gasteiger partial charge in [-0.2, -0.15) is 54.0 Å². The molecule has 0 saturated carbocycles. The summed E-state index contributed by atoms with van der Waals surface area (Å²) < 4.78 is 4.58. The molecule has 58 valence electrons. The standard InChI is InChI=1S/C4H4O.4H2S/c1-2-4-5-3-1;;;;/h1-4H;4*1H2. The van der Waals surface area contributed by atoms with E-state index in [4.69, 9.17) is 0 Å². The maximum atomic E-state index is 4.58. The lowest BCUT2D eigenvalue weighted by Gasteiger charge is -1.50. The van der Waals surface area contributed by atoms with Gasteiger partial charge in [-0.25, -0.2) is 0 Å². The summed E-state index contributed by atoms with van der Waals surface area (Å²) in [5.74, 6) is 0. The van der Waals surface area contributed by atoms with Gasteiger partial charge in [0.05, 0.1) is 12.5 Å². The molecule has 0 atom stereocenters. The van der Waals surface area contributed by atoms with Crippen LogP contribution in [0.3, 0.4) is 0 Å². The Labute approximate surface area is 83.0 Å². The third-order valence-electron chi connectivity index (χ3n) is 0.425. The Morgan fingerprint density at radius 1 is 0.667 bits per heavy atom. The minimum atomic E-state index is 0. The van der Waals surface area contributed by atoms with Gasteiger partial charge >= 0.3 is 0 Å². The third-order valence-corrected chi connectivity index (χ3v) is 0.425. The summed E-state index contributed by atoms with van der Waals surface area (Å²) in [5, 5.41) is 0. The lowest BCUT2D eigenvalue weighted by atomic mass is 10.7. The first-order chi connectivity index (χ1) is 2.50. The second-order valence-electron chi connectivity index (χ2n) is 0.793. The molecular weight excluding hydrogens is 192 g/mol. The molecule has 0 aliphatic heterocycles. The van der Waals surface area contributed by atoms with Gasteiger partial charge in [-0.05, 0) is 12.1 Å². The highest BCUT2D eigenvalue weighted by Gasteiger charge is 1.58. The van der Waals surface area contributed by atoms with Gasteiger partial charge in [0.15, 0.2) is 0 Å². The molecule has 0 saturated heterocycles. The van der Waals surface area contributed by atoms with Crippen LogP contribution in [-0.4, -0.2) is 0 Å². The van der Waals surface area contributed by atoms with E-state index >= 15 is 0 Å². The zero-order valence-electron chi connectivity index (χ0n) is 4.72. The van der Waals surface area contributed by atoms with E-state index in [9.17, 15) is 0 Å². The molecule has 0 N–H and O–H groups in total. The van der Waals surface area contributed by atoms with Gasteiger partial charge in [-0.1, -0.05) is 0 Å². The first-order valence-corrected chi connectivity index (χ1v) is 1.47. The predicted octanol–water partition coefficient (Wildman–Crippen LogP) is 1.73. The van der Waals surface area contributed by atoms with Crippen LogP contribution in [0.5, 0.6) is 0 Å². The molecule has 1 aromatic heterocycles. The third kappa shape index (κ3) is 12.0. The van der Waals surface area contributed by atoms with Crippen LogP contribution in [0.1, 0.15) is 0 Å². The molecule has 0 bridgehead atoms. The summed E-state index contributed by atoms with van der Waals surface area (Å²) in [6, 6.07) is 3.67. The van der Waals surface area contributed by atoms with Gasteiger partial charge in [0.25, 0.3) is 0 Å². The minimum Gasteiger partial charge on any atom is -0.473 e. The van der Waals surface area contributed by atoms with Gasteiger partial charge < -0.3 is 4.42 Å². The lowest BCUT2D eigenvalue weighted by Crippen LogP contribution is -1.16. The normalized spacial score (nSPS) is 4.44. The van der Waals surface area contributed by atoms with Crippen molar-refractivity contribution in [3.63, 3.8) is 0 Å². The smallest absolute Gasteiger partial charge is 0.0902 e. The van der Waals surface area contributed by atoms with E-state index in [0.717, 1.165) is 0 Å². The average molecular weight is 204 g/mol. The summed E-state index contributed by atoms with van der Waals surface area (Å²) >= 11 is 0. The zero-order chi connectivity index (χ0) is 3.54. The quantitative estimate of drug-likeness (QED) is 0.627. The Morgan fingerprint density at radius 2 is 1.00 bits per heavy atom. The van der Waals surface area contributed by atoms with E-state index < -0.39 is 0 Å².